The van der Waals surface area contributed by atoms with Gasteiger partial charge in [-0.05, 0) is 26.0 Å². The van der Waals surface area contributed by atoms with E-state index in [1.54, 1.807) is 0 Å². The molecule has 0 saturated heterocycles. The molecular weight excluding hydrogens is 136 g/mol. The van der Waals surface area contributed by atoms with Crippen molar-refractivity contribution in [3.8, 4) is 6.07 Å². The fourth-order valence-corrected chi connectivity index (χ4v) is 0.967. The lowest BCUT2D eigenvalue weighted by molar-refractivity contribution is 0.410. The van der Waals surface area contributed by atoms with Crippen LogP contribution in [0, 0.1) is 16.7 Å². The predicted octanol–water partition coefficient (Wildman–Crippen LogP) is 2.04. The summed E-state index contributed by atoms with van der Waals surface area (Å²) in [6, 6.07) is 6.19. The Balaban J connectivity index is 2.65. The monoisotopic (exact) mass is 148 g/mol. The van der Waals surface area contributed by atoms with Crippen molar-refractivity contribution < 1.29 is 0 Å². The van der Waals surface area contributed by atoms with E-state index >= 15 is 0 Å². The summed E-state index contributed by atoms with van der Waals surface area (Å²) in [4.78, 5) is 0. The molecule has 0 aliphatic carbocycles. The zero-order valence-electron chi connectivity index (χ0n) is 6.91. The Morgan fingerprint density at radius 2 is 1.91 bits per heavy atom. The Bertz CT molecular complexity index is 252. The molecule has 58 valence electrons. The minimum atomic E-state index is -0.265. The summed E-state index contributed by atoms with van der Waals surface area (Å²) in [7, 11) is 0. The molecule has 0 N–H and O–H groups in total. The Hall–Kier alpha value is -1.23. The topological polar surface area (TPSA) is 28.7 Å². The lowest BCUT2D eigenvalue weighted by Crippen LogP contribution is -2.15. The van der Waals surface area contributed by atoms with Gasteiger partial charge in [-0.3, -0.25) is 0 Å². The molecule has 0 aliphatic heterocycles. The van der Waals surface area contributed by atoms with Crippen LogP contribution in [0.3, 0.4) is 0 Å². The molecule has 0 radical (unpaired) electrons. The van der Waals surface area contributed by atoms with Gasteiger partial charge in [0.15, 0.2) is 0 Å². The molecular formula is C9H12N2. The summed E-state index contributed by atoms with van der Waals surface area (Å²) in [5.41, 5.74) is -0.265. The molecule has 0 saturated carbocycles. The molecule has 0 amide bonds. The van der Waals surface area contributed by atoms with Crippen LogP contribution in [0.25, 0.3) is 0 Å². The van der Waals surface area contributed by atoms with E-state index in [1.165, 1.54) is 0 Å². The Labute approximate surface area is 67.1 Å². The van der Waals surface area contributed by atoms with Gasteiger partial charge in [-0.15, -0.1) is 0 Å². The highest BCUT2D eigenvalue weighted by atomic mass is 14.9. The van der Waals surface area contributed by atoms with Crippen LogP contribution in [0.1, 0.15) is 13.8 Å². The molecule has 11 heavy (non-hydrogen) atoms. The van der Waals surface area contributed by atoms with Crippen molar-refractivity contribution >= 4 is 0 Å². The second-order valence-electron chi connectivity index (χ2n) is 3.35. The minimum Gasteiger partial charge on any atom is -0.353 e. The van der Waals surface area contributed by atoms with E-state index in [4.69, 9.17) is 5.26 Å². The number of hydrogen-bond acceptors (Lipinski definition) is 1. The summed E-state index contributed by atoms with van der Waals surface area (Å²) < 4.78 is 2.02. The molecule has 1 aromatic rings. The maximum Gasteiger partial charge on any atom is 0.0702 e. The van der Waals surface area contributed by atoms with Crippen LogP contribution in [0.4, 0.5) is 0 Å². The van der Waals surface area contributed by atoms with Crippen LogP contribution < -0.4 is 0 Å². The van der Waals surface area contributed by atoms with Crippen molar-refractivity contribution in [2.24, 2.45) is 5.41 Å². The molecule has 0 unspecified atom stereocenters. The zero-order chi connectivity index (χ0) is 8.32. The van der Waals surface area contributed by atoms with Crippen LogP contribution in [0.15, 0.2) is 24.5 Å². The van der Waals surface area contributed by atoms with E-state index in [-0.39, 0.29) is 5.41 Å². The summed E-state index contributed by atoms with van der Waals surface area (Å²) in [5.74, 6) is 0. The number of rotatable bonds is 2. The second kappa shape index (κ2) is 2.79. The fraction of sp³-hybridized carbons (Fsp3) is 0.444. The smallest absolute Gasteiger partial charge is 0.0702 e. The van der Waals surface area contributed by atoms with Gasteiger partial charge in [0.25, 0.3) is 0 Å². The number of nitriles is 1. The Morgan fingerprint density at radius 1 is 1.36 bits per heavy atom. The quantitative estimate of drug-likeness (QED) is 0.631. The molecule has 0 bridgehead atoms. The zero-order valence-corrected chi connectivity index (χ0v) is 6.91. The molecule has 0 spiro atoms. The first-order chi connectivity index (χ1) is 5.14. The minimum absolute atomic E-state index is 0.265. The lowest BCUT2D eigenvalue weighted by Gasteiger charge is -2.15. The first-order valence-electron chi connectivity index (χ1n) is 3.66. The normalized spacial score (nSPS) is 11.0. The van der Waals surface area contributed by atoms with Crippen molar-refractivity contribution in [2.75, 3.05) is 0 Å². The number of aromatic nitrogens is 1. The van der Waals surface area contributed by atoms with Crippen molar-refractivity contribution in [1.29, 1.82) is 5.26 Å². The summed E-state index contributed by atoms with van der Waals surface area (Å²) in [6.07, 6.45) is 3.94. The summed E-state index contributed by atoms with van der Waals surface area (Å²) in [5, 5.41) is 8.73. The van der Waals surface area contributed by atoms with Crippen molar-refractivity contribution in [1.82, 2.24) is 4.57 Å². The van der Waals surface area contributed by atoms with Gasteiger partial charge in [0.2, 0.25) is 0 Å². The van der Waals surface area contributed by atoms with E-state index in [1.807, 2.05) is 42.9 Å². The molecule has 2 nitrogen and oxygen atoms in total. The van der Waals surface area contributed by atoms with Gasteiger partial charge in [-0.25, -0.2) is 0 Å². The van der Waals surface area contributed by atoms with Crippen LogP contribution in [-0.4, -0.2) is 4.57 Å². The molecule has 2 heteroatoms. The molecule has 0 fully saturated rings. The third-order valence-corrected chi connectivity index (χ3v) is 1.55. The molecule has 0 aromatic carbocycles. The average Bonchev–Trinajstić information content (AvgIpc) is 2.39. The number of hydrogen-bond donors (Lipinski definition) is 0. The van der Waals surface area contributed by atoms with Crippen LogP contribution in [0.2, 0.25) is 0 Å². The van der Waals surface area contributed by atoms with Crippen molar-refractivity contribution in [3.05, 3.63) is 24.5 Å². The largest absolute Gasteiger partial charge is 0.353 e. The summed E-state index contributed by atoms with van der Waals surface area (Å²) in [6.45, 7) is 4.64. The van der Waals surface area contributed by atoms with Crippen LogP contribution >= 0.6 is 0 Å². The Morgan fingerprint density at radius 3 is 2.36 bits per heavy atom. The summed E-state index contributed by atoms with van der Waals surface area (Å²) >= 11 is 0. The van der Waals surface area contributed by atoms with Gasteiger partial charge < -0.3 is 4.57 Å². The fourth-order valence-electron chi connectivity index (χ4n) is 0.967. The maximum atomic E-state index is 8.73. The third kappa shape index (κ3) is 2.12. The second-order valence-corrected chi connectivity index (χ2v) is 3.35. The van der Waals surface area contributed by atoms with Crippen molar-refractivity contribution in [3.63, 3.8) is 0 Å². The maximum absolute atomic E-state index is 8.73. The average molecular weight is 148 g/mol. The van der Waals surface area contributed by atoms with E-state index < -0.39 is 0 Å². The van der Waals surface area contributed by atoms with E-state index in [0.29, 0.717) is 0 Å². The van der Waals surface area contributed by atoms with Gasteiger partial charge >= 0.3 is 0 Å². The van der Waals surface area contributed by atoms with E-state index in [9.17, 15) is 0 Å². The standard InChI is InChI=1S/C9H12N2/c1-9(2,7-10)8-11-5-3-4-6-11/h3-6H,8H2,1-2H3. The van der Waals surface area contributed by atoms with Crippen LogP contribution in [0.5, 0.6) is 0 Å². The highest BCUT2D eigenvalue weighted by Crippen LogP contribution is 2.15. The van der Waals surface area contributed by atoms with Crippen molar-refractivity contribution in [2.45, 2.75) is 20.4 Å². The highest BCUT2D eigenvalue weighted by Gasteiger charge is 2.16. The molecule has 0 atom stereocenters. The van der Waals surface area contributed by atoms with Gasteiger partial charge in [0.05, 0.1) is 11.5 Å². The first kappa shape index (κ1) is 7.87. The molecule has 1 heterocycles. The molecule has 1 aromatic heterocycles. The third-order valence-electron chi connectivity index (χ3n) is 1.55. The van der Waals surface area contributed by atoms with E-state index in [0.717, 1.165) is 6.54 Å². The van der Waals surface area contributed by atoms with Crippen LogP contribution in [-0.2, 0) is 6.54 Å². The SMILES string of the molecule is CC(C)(C#N)Cn1cccc1. The number of nitrogens with zero attached hydrogens (tertiary/aromatic N) is 2. The predicted molar refractivity (Wildman–Crippen MR) is 43.8 cm³/mol. The first-order valence-corrected chi connectivity index (χ1v) is 3.66. The van der Waals surface area contributed by atoms with Gasteiger partial charge in [-0.2, -0.15) is 5.26 Å². The molecule has 1 rings (SSSR count). The Kier molecular flexibility index (Phi) is 2.00. The van der Waals surface area contributed by atoms with E-state index in [2.05, 4.69) is 6.07 Å². The van der Waals surface area contributed by atoms with Gasteiger partial charge in [0.1, 0.15) is 0 Å². The van der Waals surface area contributed by atoms with Gasteiger partial charge in [0, 0.05) is 18.9 Å². The lowest BCUT2D eigenvalue weighted by atomic mass is 9.96. The van der Waals surface area contributed by atoms with Gasteiger partial charge in [-0.1, -0.05) is 0 Å². The molecule has 0 aliphatic rings. The highest BCUT2D eigenvalue weighted by molar-refractivity contribution is 4.96.